The first-order chi connectivity index (χ1) is 15.1. The molecule has 0 amide bonds. The maximum atomic E-state index is 12.7. The van der Waals surface area contributed by atoms with E-state index in [2.05, 4.69) is 10.1 Å². The van der Waals surface area contributed by atoms with Crippen LogP contribution in [0, 0.1) is 0 Å². The molecule has 0 bridgehead atoms. The van der Waals surface area contributed by atoms with Crippen LogP contribution < -0.4 is 10.1 Å². The van der Waals surface area contributed by atoms with Crippen molar-refractivity contribution in [2.24, 2.45) is 0 Å². The van der Waals surface area contributed by atoms with Crippen LogP contribution in [0.25, 0.3) is 34.5 Å². The number of hydrogen-bond acceptors (Lipinski definition) is 5. The van der Waals surface area contributed by atoms with Crippen LogP contribution in [-0.4, -0.2) is 14.6 Å². The third-order valence-electron chi connectivity index (χ3n) is 4.54. The van der Waals surface area contributed by atoms with E-state index in [4.69, 9.17) is 27.6 Å². The van der Waals surface area contributed by atoms with Crippen molar-refractivity contribution in [1.29, 1.82) is 0 Å². The Balaban J connectivity index is 1.46. The molecule has 0 aliphatic carbocycles. The Hall–Kier alpha value is -3.19. The van der Waals surface area contributed by atoms with Gasteiger partial charge in [0.15, 0.2) is 5.82 Å². The summed E-state index contributed by atoms with van der Waals surface area (Å²) in [5.74, 6) is 1.57. The molecule has 0 saturated heterocycles. The summed E-state index contributed by atoms with van der Waals surface area (Å²) in [6, 6.07) is 18.7. The van der Waals surface area contributed by atoms with E-state index < -0.39 is 0 Å². The van der Waals surface area contributed by atoms with E-state index in [1.54, 1.807) is 36.4 Å². The fourth-order valence-electron chi connectivity index (χ4n) is 3.05. The van der Waals surface area contributed by atoms with Gasteiger partial charge in [-0.05, 0) is 35.9 Å². The molecule has 0 aliphatic heterocycles. The van der Waals surface area contributed by atoms with Gasteiger partial charge in [0, 0.05) is 11.6 Å². The number of fused-ring (bicyclic) bond motifs is 1. The van der Waals surface area contributed by atoms with Gasteiger partial charge in [-0.15, -0.1) is 5.10 Å². The average molecular weight is 466 g/mol. The van der Waals surface area contributed by atoms with Crippen molar-refractivity contribution < 1.29 is 4.42 Å². The first-order valence-corrected chi connectivity index (χ1v) is 10.8. The van der Waals surface area contributed by atoms with Crippen LogP contribution in [0.4, 0.5) is 0 Å². The van der Waals surface area contributed by atoms with Crippen LogP contribution in [-0.2, 0) is 0 Å². The summed E-state index contributed by atoms with van der Waals surface area (Å²) < 4.78 is 7.64. The molecule has 31 heavy (non-hydrogen) atoms. The third-order valence-corrected chi connectivity index (χ3v) is 6.32. The standard InChI is InChI=1S/C23H13Cl2N3O2S/c24-17-8-4-7-16(21(17)25)18-11-10-15(30-18)13-19-22(29)28-23(31-19)26-20(27-28)12-9-14-5-2-1-3-6-14/h1-13H/b12-9+,19-13-. The first-order valence-electron chi connectivity index (χ1n) is 9.27. The van der Waals surface area contributed by atoms with Crippen LogP contribution in [0.15, 0.2) is 69.9 Å². The molecular formula is C23H13Cl2N3O2S. The van der Waals surface area contributed by atoms with Crippen LogP contribution >= 0.6 is 34.5 Å². The summed E-state index contributed by atoms with van der Waals surface area (Å²) in [6.45, 7) is 0. The number of benzene rings is 2. The maximum absolute atomic E-state index is 12.7. The molecule has 2 aromatic carbocycles. The Kier molecular flexibility index (Phi) is 5.19. The molecule has 5 rings (SSSR count). The van der Waals surface area contributed by atoms with Gasteiger partial charge >= 0.3 is 0 Å². The number of hydrogen-bond donors (Lipinski definition) is 0. The van der Waals surface area contributed by atoms with Gasteiger partial charge in [-0.3, -0.25) is 4.79 Å². The van der Waals surface area contributed by atoms with E-state index in [9.17, 15) is 4.79 Å². The predicted molar refractivity (Wildman–Crippen MR) is 125 cm³/mol. The molecule has 0 atom stereocenters. The molecule has 3 aromatic heterocycles. The summed E-state index contributed by atoms with van der Waals surface area (Å²) in [5.41, 5.74) is 1.48. The van der Waals surface area contributed by atoms with Crippen molar-refractivity contribution >= 4 is 57.7 Å². The zero-order valence-electron chi connectivity index (χ0n) is 15.8. The molecule has 0 unspecified atom stereocenters. The molecule has 152 valence electrons. The average Bonchev–Trinajstić information content (AvgIpc) is 3.47. The van der Waals surface area contributed by atoms with Crippen molar-refractivity contribution in [3.05, 3.63) is 103 Å². The highest BCUT2D eigenvalue weighted by Gasteiger charge is 2.12. The fourth-order valence-corrected chi connectivity index (χ4v) is 4.34. The highest BCUT2D eigenvalue weighted by molar-refractivity contribution is 7.15. The lowest BCUT2D eigenvalue weighted by Gasteiger charge is -2.01. The van der Waals surface area contributed by atoms with E-state index >= 15 is 0 Å². The van der Waals surface area contributed by atoms with E-state index in [0.29, 0.717) is 42.4 Å². The van der Waals surface area contributed by atoms with Crippen molar-refractivity contribution in [2.45, 2.75) is 0 Å². The molecule has 0 N–H and O–H groups in total. The summed E-state index contributed by atoms with van der Waals surface area (Å²) in [5, 5.41) is 5.17. The fraction of sp³-hybridized carbons (Fsp3) is 0. The van der Waals surface area contributed by atoms with E-state index in [1.807, 2.05) is 42.5 Å². The van der Waals surface area contributed by atoms with E-state index in [0.717, 1.165) is 5.56 Å². The zero-order valence-corrected chi connectivity index (χ0v) is 18.2. The smallest absolute Gasteiger partial charge is 0.291 e. The molecule has 0 aliphatic rings. The number of furan rings is 1. The molecule has 0 saturated carbocycles. The Morgan fingerprint density at radius 1 is 0.968 bits per heavy atom. The second kappa shape index (κ2) is 8.15. The van der Waals surface area contributed by atoms with Crippen molar-refractivity contribution in [1.82, 2.24) is 14.6 Å². The van der Waals surface area contributed by atoms with Crippen LogP contribution in [0.5, 0.6) is 0 Å². The number of nitrogens with zero attached hydrogens (tertiary/aromatic N) is 3. The second-order valence-electron chi connectivity index (χ2n) is 6.63. The van der Waals surface area contributed by atoms with Gasteiger partial charge < -0.3 is 4.42 Å². The molecular weight excluding hydrogens is 453 g/mol. The highest BCUT2D eigenvalue weighted by Crippen LogP contribution is 2.34. The molecule has 8 heteroatoms. The lowest BCUT2D eigenvalue weighted by Crippen LogP contribution is -2.23. The molecule has 5 aromatic rings. The van der Waals surface area contributed by atoms with Crippen LogP contribution in [0.2, 0.25) is 10.0 Å². The van der Waals surface area contributed by atoms with Crippen LogP contribution in [0.1, 0.15) is 17.1 Å². The number of halogens is 2. The van der Waals surface area contributed by atoms with Crippen molar-refractivity contribution in [3.63, 3.8) is 0 Å². The number of rotatable bonds is 4. The van der Waals surface area contributed by atoms with Gasteiger partial charge in [-0.25, -0.2) is 0 Å². The van der Waals surface area contributed by atoms with Gasteiger partial charge in [0.1, 0.15) is 16.1 Å². The van der Waals surface area contributed by atoms with Gasteiger partial charge in [0.25, 0.3) is 5.56 Å². The maximum Gasteiger partial charge on any atom is 0.291 e. The highest BCUT2D eigenvalue weighted by atomic mass is 35.5. The summed E-state index contributed by atoms with van der Waals surface area (Å²) >= 11 is 13.6. The largest absolute Gasteiger partial charge is 0.457 e. The molecule has 5 nitrogen and oxygen atoms in total. The minimum Gasteiger partial charge on any atom is -0.457 e. The summed E-state index contributed by atoms with van der Waals surface area (Å²) in [6.07, 6.45) is 5.36. The van der Waals surface area contributed by atoms with Gasteiger partial charge in [0.05, 0.1) is 10.0 Å². The monoisotopic (exact) mass is 465 g/mol. The quantitative estimate of drug-likeness (QED) is 0.354. The van der Waals surface area contributed by atoms with Gasteiger partial charge in [-0.1, -0.05) is 77.0 Å². The van der Waals surface area contributed by atoms with Crippen molar-refractivity contribution in [3.8, 4) is 11.3 Å². The van der Waals surface area contributed by atoms with Gasteiger partial charge in [-0.2, -0.15) is 9.50 Å². The molecule has 3 heterocycles. The number of aromatic nitrogens is 3. The lowest BCUT2D eigenvalue weighted by atomic mass is 10.2. The minimum atomic E-state index is -0.245. The van der Waals surface area contributed by atoms with Crippen LogP contribution in [0.3, 0.4) is 0 Å². The minimum absolute atomic E-state index is 0.245. The first kappa shape index (κ1) is 19.8. The summed E-state index contributed by atoms with van der Waals surface area (Å²) in [7, 11) is 0. The Morgan fingerprint density at radius 3 is 2.61 bits per heavy atom. The van der Waals surface area contributed by atoms with E-state index in [1.165, 1.54) is 15.9 Å². The molecule has 0 spiro atoms. The normalized spacial score (nSPS) is 12.4. The zero-order chi connectivity index (χ0) is 21.4. The lowest BCUT2D eigenvalue weighted by molar-refractivity contribution is 0.571. The summed E-state index contributed by atoms with van der Waals surface area (Å²) in [4.78, 5) is 17.7. The molecule has 0 radical (unpaired) electrons. The Labute approximate surface area is 190 Å². The molecule has 0 fully saturated rings. The third kappa shape index (κ3) is 3.93. The van der Waals surface area contributed by atoms with Crippen molar-refractivity contribution in [2.75, 3.05) is 0 Å². The Morgan fingerprint density at radius 2 is 1.81 bits per heavy atom. The number of thiazole rings is 1. The SMILES string of the molecule is O=c1/c(=C/c2ccc(-c3cccc(Cl)c3Cl)o2)sc2nc(/C=C/c3ccccc3)nn12. The topological polar surface area (TPSA) is 60.4 Å². The Bertz CT molecular complexity index is 1530. The second-order valence-corrected chi connectivity index (χ2v) is 8.42. The van der Waals surface area contributed by atoms with E-state index in [-0.39, 0.29) is 5.56 Å². The predicted octanol–water partition coefficient (Wildman–Crippen LogP) is 5.44. The van der Waals surface area contributed by atoms with Gasteiger partial charge in [0.2, 0.25) is 4.96 Å².